The lowest BCUT2D eigenvalue weighted by Crippen LogP contribution is -2.52. The van der Waals surface area contributed by atoms with Crippen molar-refractivity contribution in [2.45, 2.75) is 52.4 Å². The average molecular weight is 495 g/mol. The van der Waals surface area contributed by atoms with Crippen LogP contribution < -0.4 is 10.1 Å². The number of nitrogens with zero attached hydrogens (tertiary/aromatic N) is 5. The smallest absolute Gasteiger partial charge is 0.410 e. The standard InChI is InChI=1S/C26H34N6O4/c1-16-9-18(11-20(10-16)35-6)23-21(22-7-8-27-24(29-22)28-12-17(2)33)15-32(30-23)19-13-31(14-19)25(34)36-26(3,4)5/h7-11,15,17,19,33H,12-14H2,1-6H3,(H,27,28,29)/t17-/m0/s1. The molecule has 36 heavy (non-hydrogen) atoms. The minimum Gasteiger partial charge on any atom is -0.497 e. The molecular formula is C26H34N6O4. The van der Waals surface area contributed by atoms with Crippen LogP contribution in [0.15, 0.2) is 36.7 Å². The van der Waals surface area contributed by atoms with Gasteiger partial charge in [-0.2, -0.15) is 5.10 Å². The monoisotopic (exact) mass is 494 g/mol. The van der Waals surface area contributed by atoms with E-state index in [4.69, 9.17) is 14.6 Å². The number of aromatic nitrogens is 4. The summed E-state index contributed by atoms with van der Waals surface area (Å²) in [4.78, 5) is 23.0. The van der Waals surface area contributed by atoms with Gasteiger partial charge >= 0.3 is 6.09 Å². The third kappa shape index (κ3) is 5.93. The molecule has 4 rings (SSSR count). The van der Waals surface area contributed by atoms with Gasteiger partial charge in [-0.15, -0.1) is 0 Å². The highest BCUT2D eigenvalue weighted by Crippen LogP contribution is 2.35. The molecule has 1 fully saturated rings. The summed E-state index contributed by atoms with van der Waals surface area (Å²) in [6.07, 6.45) is 2.79. The summed E-state index contributed by atoms with van der Waals surface area (Å²) in [6, 6.07) is 7.82. The number of anilines is 1. The van der Waals surface area contributed by atoms with Gasteiger partial charge in [0.2, 0.25) is 5.95 Å². The number of methoxy groups -OCH3 is 1. The number of aliphatic hydroxyl groups excluding tert-OH is 1. The van der Waals surface area contributed by atoms with Gasteiger partial charge in [0, 0.05) is 43.2 Å². The number of amides is 1. The lowest BCUT2D eigenvalue weighted by molar-refractivity contribution is -0.000354. The van der Waals surface area contributed by atoms with Crippen molar-refractivity contribution in [2.75, 3.05) is 32.1 Å². The highest BCUT2D eigenvalue weighted by atomic mass is 16.6. The maximum Gasteiger partial charge on any atom is 0.410 e. The first kappa shape index (κ1) is 25.4. The molecule has 10 heteroatoms. The third-order valence-electron chi connectivity index (χ3n) is 5.67. The number of rotatable bonds is 7. The molecule has 0 saturated carbocycles. The number of aryl methyl sites for hydroxylation is 1. The molecule has 1 atom stereocenters. The zero-order valence-corrected chi connectivity index (χ0v) is 21.6. The number of carbonyl (C=O) groups is 1. The maximum absolute atomic E-state index is 12.4. The molecule has 1 aliphatic heterocycles. The van der Waals surface area contributed by atoms with E-state index in [2.05, 4.69) is 21.4 Å². The molecule has 0 unspecified atom stereocenters. The van der Waals surface area contributed by atoms with Gasteiger partial charge in [-0.3, -0.25) is 4.68 Å². The zero-order chi connectivity index (χ0) is 26.0. The van der Waals surface area contributed by atoms with Gasteiger partial charge in [-0.05, 0) is 64.4 Å². The summed E-state index contributed by atoms with van der Waals surface area (Å²) >= 11 is 0. The fraction of sp³-hybridized carbons (Fsp3) is 0.462. The largest absolute Gasteiger partial charge is 0.497 e. The summed E-state index contributed by atoms with van der Waals surface area (Å²) in [5, 5.41) is 17.6. The van der Waals surface area contributed by atoms with Crippen LogP contribution in [-0.4, -0.2) is 74.3 Å². The van der Waals surface area contributed by atoms with Gasteiger partial charge in [0.15, 0.2) is 0 Å². The predicted molar refractivity (Wildman–Crippen MR) is 137 cm³/mol. The molecule has 2 N–H and O–H groups in total. The van der Waals surface area contributed by atoms with E-state index in [1.165, 1.54) is 0 Å². The van der Waals surface area contributed by atoms with Crippen molar-refractivity contribution in [2.24, 2.45) is 0 Å². The summed E-state index contributed by atoms with van der Waals surface area (Å²) in [5.41, 5.74) is 3.70. The number of nitrogens with one attached hydrogen (secondary N) is 1. The van der Waals surface area contributed by atoms with Crippen LogP contribution in [0.3, 0.4) is 0 Å². The van der Waals surface area contributed by atoms with E-state index in [-0.39, 0.29) is 12.1 Å². The van der Waals surface area contributed by atoms with Crippen LogP contribution in [0.25, 0.3) is 22.5 Å². The molecule has 0 spiro atoms. The molecule has 1 amide bonds. The Morgan fingerprint density at radius 3 is 2.69 bits per heavy atom. The number of ether oxygens (including phenoxy) is 2. The Balaban J connectivity index is 1.67. The molecule has 0 bridgehead atoms. The number of hydrogen-bond donors (Lipinski definition) is 2. The molecule has 10 nitrogen and oxygen atoms in total. The fourth-order valence-corrected chi connectivity index (χ4v) is 3.91. The molecule has 3 aromatic rings. The molecule has 1 aromatic carbocycles. The summed E-state index contributed by atoms with van der Waals surface area (Å²) in [7, 11) is 1.64. The molecule has 0 aliphatic carbocycles. The van der Waals surface area contributed by atoms with Crippen molar-refractivity contribution in [1.82, 2.24) is 24.6 Å². The number of likely N-dealkylation sites (tertiary alicyclic amines) is 1. The van der Waals surface area contributed by atoms with E-state index in [0.29, 0.717) is 31.3 Å². The molecule has 1 aliphatic rings. The SMILES string of the molecule is COc1cc(C)cc(-c2nn(C3CN(C(=O)OC(C)(C)C)C3)cc2-c2ccnc(NC[C@H](C)O)n2)c1. The van der Waals surface area contributed by atoms with Crippen LogP contribution in [0.5, 0.6) is 5.75 Å². The molecule has 192 valence electrons. The quantitative estimate of drug-likeness (QED) is 0.508. The lowest BCUT2D eigenvalue weighted by Gasteiger charge is -2.39. The van der Waals surface area contributed by atoms with Gasteiger partial charge < -0.3 is 24.8 Å². The lowest BCUT2D eigenvalue weighted by atomic mass is 10.0. The van der Waals surface area contributed by atoms with E-state index in [1.54, 1.807) is 25.1 Å². The normalized spacial score (nSPS) is 14.8. The molecular weight excluding hydrogens is 460 g/mol. The zero-order valence-electron chi connectivity index (χ0n) is 21.6. The Hall–Kier alpha value is -3.66. The Morgan fingerprint density at radius 2 is 2.03 bits per heavy atom. The fourth-order valence-electron chi connectivity index (χ4n) is 3.91. The molecule has 0 radical (unpaired) electrons. The van der Waals surface area contributed by atoms with Crippen LogP contribution in [0, 0.1) is 6.92 Å². The average Bonchev–Trinajstić information content (AvgIpc) is 3.20. The molecule has 2 aromatic heterocycles. The Morgan fingerprint density at radius 1 is 1.28 bits per heavy atom. The minimum absolute atomic E-state index is 0.0198. The topological polar surface area (TPSA) is 115 Å². The van der Waals surface area contributed by atoms with E-state index in [9.17, 15) is 9.90 Å². The molecule has 1 saturated heterocycles. The van der Waals surface area contributed by atoms with Crippen molar-refractivity contribution in [1.29, 1.82) is 0 Å². The van der Waals surface area contributed by atoms with E-state index >= 15 is 0 Å². The Kier molecular flexibility index (Phi) is 7.16. The first-order valence-electron chi connectivity index (χ1n) is 12.0. The van der Waals surface area contributed by atoms with Gasteiger partial charge in [-0.25, -0.2) is 14.8 Å². The second kappa shape index (κ2) is 10.1. The van der Waals surface area contributed by atoms with Crippen LogP contribution >= 0.6 is 0 Å². The van der Waals surface area contributed by atoms with Crippen molar-refractivity contribution in [3.63, 3.8) is 0 Å². The van der Waals surface area contributed by atoms with Crippen molar-refractivity contribution >= 4 is 12.0 Å². The van der Waals surface area contributed by atoms with Crippen LogP contribution in [0.1, 0.15) is 39.3 Å². The summed E-state index contributed by atoms with van der Waals surface area (Å²) < 4.78 is 12.9. The minimum atomic E-state index is -0.537. The van der Waals surface area contributed by atoms with Crippen molar-refractivity contribution < 1.29 is 19.4 Å². The van der Waals surface area contributed by atoms with Crippen LogP contribution in [0.2, 0.25) is 0 Å². The van der Waals surface area contributed by atoms with E-state index < -0.39 is 11.7 Å². The Labute approximate surface area is 211 Å². The van der Waals surface area contributed by atoms with Gasteiger partial charge in [0.05, 0.1) is 24.9 Å². The Bertz CT molecular complexity index is 1230. The highest BCUT2D eigenvalue weighted by molar-refractivity contribution is 5.80. The van der Waals surface area contributed by atoms with Gasteiger partial charge in [0.1, 0.15) is 17.0 Å². The maximum atomic E-state index is 12.4. The summed E-state index contributed by atoms with van der Waals surface area (Å²) in [5.74, 6) is 1.17. The van der Waals surface area contributed by atoms with Crippen LogP contribution in [0.4, 0.5) is 10.7 Å². The highest BCUT2D eigenvalue weighted by Gasteiger charge is 2.36. The second-order valence-corrected chi connectivity index (χ2v) is 10.1. The van der Waals surface area contributed by atoms with Crippen LogP contribution in [-0.2, 0) is 4.74 Å². The van der Waals surface area contributed by atoms with Crippen molar-refractivity contribution in [3.8, 4) is 28.3 Å². The van der Waals surface area contributed by atoms with Crippen molar-refractivity contribution in [3.05, 3.63) is 42.2 Å². The number of hydrogen-bond acceptors (Lipinski definition) is 8. The summed E-state index contributed by atoms with van der Waals surface area (Å²) in [6.45, 7) is 10.6. The second-order valence-electron chi connectivity index (χ2n) is 10.1. The third-order valence-corrected chi connectivity index (χ3v) is 5.67. The first-order valence-corrected chi connectivity index (χ1v) is 12.0. The van der Waals surface area contributed by atoms with Gasteiger partial charge in [0.25, 0.3) is 0 Å². The van der Waals surface area contributed by atoms with E-state index in [0.717, 1.165) is 28.1 Å². The molecule has 3 heterocycles. The van der Waals surface area contributed by atoms with E-state index in [1.807, 2.05) is 56.8 Å². The number of benzene rings is 1. The first-order chi connectivity index (χ1) is 17.0. The predicted octanol–water partition coefficient (Wildman–Crippen LogP) is 3.91. The van der Waals surface area contributed by atoms with Gasteiger partial charge in [-0.1, -0.05) is 0 Å². The number of carbonyl (C=O) groups excluding carboxylic acids is 1. The number of aliphatic hydroxyl groups is 1.